The molecule has 9 nitrogen and oxygen atoms in total. The van der Waals surface area contributed by atoms with Crippen molar-refractivity contribution in [1.82, 2.24) is 29.3 Å². The molecule has 4 aromatic rings. The van der Waals surface area contributed by atoms with Crippen LogP contribution in [0.15, 0.2) is 42.7 Å². The number of aryl methyl sites for hydroxylation is 1. The standard InChI is InChI=1S/C25H28N8O/c1-4-30-9-11-31(12-10-30)20-5-8-24-22(15-27-32(24)16-20)23-7-6-21(18(3)34)25(28-23)33-17(2)13-19(14-26)29-33/h5-8,13,15-16,18,34H,4,9-12H2,1-3H3. The van der Waals surface area contributed by atoms with Crippen molar-refractivity contribution in [3.05, 3.63) is 59.7 Å². The Morgan fingerprint density at radius 1 is 1.15 bits per heavy atom. The molecule has 174 valence electrons. The summed E-state index contributed by atoms with van der Waals surface area (Å²) in [7, 11) is 0. The lowest BCUT2D eigenvalue weighted by molar-refractivity contribution is 0.198. The summed E-state index contributed by atoms with van der Waals surface area (Å²) in [4.78, 5) is 9.71. The van der Waals surface area contributed by atoms with Gasteiger partial charge in [-0.3, -0.25) is 0 Å². The third-order valence-corrected chi connectivity index (χ3v) is 6.52. The predicted octanol–water partition coefficient (Wildman–Crippen LogP) is 2.96. The fraction of sp³-hybridized carbons (Fsp3) is 0.360. The Labute approximate surface area is 198 Å². The van der Waals surface area contributed by atoms with Gasteiger partial charge in [0.1, 0.15) is 6.07 Å². The number of nitriles is 1. The van der Waals surface area contributed by atoms with E-state index in [0.717, 1.165) is 60.9 Å². The molecule has 4 aromatic heterocycles. The van der Waals surface area contributed by atoms with E-state index in [9.17, 15) is 10.4 Å². The maximum Gasteiger partial charge on any atom is 0.163 e. The summed E-state index contributed by atoms with van der Waals surface area (Å²) in [6, 6.07) is 11.8. The molecule has 0 amide bonds. The van der Waals surface area contributed by atoms with Crippen LogP contribution in [0.2, 0.25) is 0 Å². The molecule has 0 spiro atoms. The highest BCUT2D eigenvalue weighted by atomic mass is 16.3. The number of anilines is 1. The summed E-state index contributed by atoms with van der Waals surface area (Å²) in [5, 5.41) is 28.5. The number of aliphatic hydroxyl groups excluding tert-OH is 1. The van der Waals surface area contributed by atoms with Gasteiger partial charge >= 0.3 is 0 Å². The van der Waals surface area contributed by atoms with Crippen LogP contribution in [0.5, 0.6) is 0 Å². The summed E-state index contributed by atoms with van der Waals surface area (Å²) in [6.45, 7) is 11.0. The first-order valence-corrected chi connectivity index (χ1v) is 11.6. The van der Waals surface area contributed by atoms with E-state index in [1.54, 1.807) is 17.7 Å². The number of rotatable bonds is 5. The normalized spacial score (nSPS) is 15.6. The Bertz CT molecular complexity index is 1370. The van der Waals surface area contributed by atoms with E-state index >= 15 is 0 Å². The maximum absolute atomic E-state index is 10.3. The van der Waals surface area contributed by atoms with Crippen LogP contribution in [0.3, 0.4) is 0 Å². The zero-order valence-corrected chi connectivity index (χ0v) is 19.7. The maximum atomic E-state index is 10.3. The van der Waals surface area contributed by atoms with Crippen molar-refractivity contribution in [1.29, 1.82) is 5.26 Å². The fourth-order valence-corrected chi connectivity index (χ4v) is 4.53. The molecule has 9 heteroatoms. The molecular weight excluding hydrogens is 428 g/mol. The van der Waals surface area contributed by atoms with E-state index in [1.807, 2.05) is 29.8 Å². The van der Waals surface area contributed by atoms with E-state index in [0.29, 0.717) is 17.1 Å². The lowest BCUT2D eigenvalue weighted by Gasteiger charge is -2.35. The number of piperazine rings is 1. The smallest absolute Gasteiger partial charge is 0.163 e. The molecule has 1 aliphatic heterocycles. The van der Waals surface area contributed by atoms with Crippen LogP contribution >= 0.6 is 0 Å². The van der Waals surface area contributed by atoms with Gasteiger partial charge in [-0.25, -0.2) is 14.2 Å². The van der Waals surface area contributed by atoms with Crippen LogP contribution in [-0.2, 0) is 0 Å². The van der Waals surface area contributed by atoms with Gasteiger partial charge in [0.05, 0.1) is 35.4 Å². The number of aromatic nitrogens is 5. The van der Waals surface area contributed by atoms with Crippen molar-refractivity contribution < 1.29 is 5.11 Å². The Kier molecular flexibility index (Phi) is 5.77. The molecule has 0 bridgehead atoms. The van der Waals surface area contributed by atoms with Gasteiger partial charge in [-0.05, 0) is 44.7 Å². The molecule has 1 atom stereocenters. The van der Waals surface area contributed by atoms with E-state index in [2.05, 4.69) is 51.3 Å². The van der Waals surface area contributed by atoms with Crippen molar-refractivity contribution in [2.24, 2.45) is 0 Å². The van der Waals surface area contributed by atoms with Crippen LogP contribution < -0.4 is 4.90 Å². The molecule has 1 unspecified atom stereocenters. The first kappa shape index (κ1) is 22.1. The average molecular weight is 457 g/mol. The van der Waals surface area contributed by atoms with Crippen molar-refractivity contribution in [3.8, 4) is 23.1 Å². The van der Waals surface area contributed by atoms with Crippen molar-refractivity contribution in [3.63, 3.8) is 0 Å². The summed E-state index contributed by atoms with van der Waals surface area (Å²) < 4.78 is 3.51. The number of fused-ring (bicyclic) bond motifs is 1. The van der Waals surface area contributed by atoms with E-state index in [-0.39, 0.29) is 0 Å². The van der Waals surface area contributed by atoms with Gasteiger partial charge < -0.3 is 14.9 Å². The second kappa shape index (κ2) is 8.89. The van der Waals surface area contributed by atoms with Crippen LogP contribution in [0, 0.1) is 18.3 Å². The SMILES string of the molecule is CCN1CCN(c2ccc3c(-c4ccc(C(C)O)c(-n5nc(C#N)cc5C)n4)cnn3c2)CC1. The topological polar surface area (TPSA) is 98.5 Å². The minimum atomic E-state index is -0.731. The zero-order valence-electron chi connectivity index (χ0n) is 19.7. The zero-order chi connectivity index (χ0) is 23.8. The lowest BCUT2D eigenvalue weighted by atomic mass is 10.1. The minimum absolute atomic E-state index is 0.310. The quantitative estimate of drug-likeness (QED) is 0.493. The Morgan fingerprint density at radius 2 is 1.94 bits per heavy atom. The highest BCUT2D eigenvalue weighted by Gasteiger charge is 2.20. The van der Waals surface area contributed by atoms with Crippen LogP contribution in [0.1, 0.15) is 36.9 Å². The average Bonchev–Trinajstić information content (AvgIpc) is 3.46. The summed E-state index contributed by atoms with van der Waals surface area (Å²) >= 11 is 0. The second-order valence-corrected chi connectivity index (χ2v) is 8.68. The Balaban J connectivity index is 1.52. The minimum Gasteiger partial charge on any atom is -0.389 e. The number of nitrogens with zero attached hydrogens (tertiary/aromatic N) is 8. The molecule has 5 rings (SSSR count). The third-order valence-electron chi connectivity index (χ3n) is 6.52. The van der Waals surface area contributed by atoms with Crippen LogP contribution in [0.25, 0.3) is 22.6 Å². The number of pyridine rings is 2. The largest absolute Gasteiger partial charge is 0.389 e. The number of aliphatic hydroxyl groups is 1. The molecule has 0 saturated carbocycles. The van der Waals surface area contributed by atoms with E-state index < -0.39 is 6.10 Å². The molecule has 0 radical (unpaired) electrons. The monoisotopic (exact) mass is 456 g/mol. The molecule has 34 heavy (non-hydrogen) atoms. The van der Waals surface area contributed by atoms with Gasteiger partial charge in [-0.2, -0.15) is 15.5 Å². The first-order chi connectivity index (χ1) is 16.5. The van der Waals surface area contributed by atoms with Gasteiger partial charge in [-0.15, -0.1) is 0 Å². The van der Waals surface area contributed by atoms with Gasteiger partial charge in [0.25, 0.3) is 0 Å². The second-order valence-electron chi connectivity index (χ2n) is 8.68. The van der Waals surface area contributed by atoms with Crippen molar-refractivity contribution in [2.45, 2.75) is 26.9 Å². The fourth-order valence-electron chi connectivity index (χ4n) is 4.53. The molecule has 0 aromatic carbocycles. The van der Waals surface area contributed by atoms with Gasteiger partial charge in [0.15, 0.2) is 11.5 Å². The molecule has 0 aliphatic carbocycles. The van der Waals surface area contributed by atoms with Crippen LogP contribution in [0.4, 0.5) is 5.69 Å². The van der Waals surface area contributed by atoms with E-state index in [1.165, 1.54) is 0 Å². The third kappa shape index (κ3) is 3.91. The molecule has 1 fully saturated rings. The van der Waals surface area contributed by atoms with Gasteiger partial charge in [-0.1, -0.05) is 13.0 Å². The van der Waals surface area contributed by atoms with Crippen molar-refractivity contribution in [2.75, 3.05) is 37.6 Å². The number of likely N-dealkylation sites (N-methyl/N-ethyl adjacent to an activating group) is 1. The number of hydrogen-bond donors (Lipinski definition) is 1. The summed E-state index contributed by atoms with van der Waals surface area (Å²) in [5.41, 5.74) is 5.46. The van der Waals surface area contributed by atoms with Crippen LogP contribution in [-0.4, -0.2) is 67.1 Å². The van der Waals surface area contributed by atoms with Gasteiger partial charge in [0.2, 0.25) is 0 Å². The van der Waals surface area contributed by atoms with E-state index in [4.69, 9.17) is 4.98 Å². The highest BCUT2D eigenvalue weighted by molar-refractivity contribution is 5.79. The van der Waals surface area contributed by atoms with Gasteiger partial charge in [0, 0.05) is 43.0 Å². The predicted molar refractivity (Wildman–Crippen MR) is 130 cm³/mol. The molecule has 1 aliphatic rings. The summed E-state index contributed by atoms with van der Waals surface area (Å²) in [5.74, 6) is 0.510. The molecule has 1 N–H and O–H groups in total. The first-order valence-electron chi connectivity index (χ1n) is 11.6. The van der Waals surface area contributed by atoms with Crippen molar-refractivity contribution >= 4 is 11.2 Å². The molecular formula is C25H28N8O. The highest BCUT2D eigenvalue weighted by Crippen LogP contribution is 2.29. The number of hydrogen-bond acceptors (Lipinski definition) is 7. The molecule has 5 heterocycles. The molecule has 1 saturated heterocycles. The Hall–Kier alpha value is -3.74. The summed E-state index contributed by atoms with van der Waals surface area (Å²) in [6.07, 6.45) is 3.16. The lowest BCUT2D eigenvalue weighted by Crippen LogP contribution is -2.46. The Morgan fingerprint density at radius 3 is 2.62 bits per heavy atom.